The third-order valence-electron chi connectivity index (χ3n) is 7.68. The highest BCUT2D eigenvalue weighted by Gasteiger charge is 2.36. The van der Waals surface area contributed by atoms with Crippen LogP contribution in [-0.2, 0) is 11.2 Å². The number of ether oxygens (including phenoxy) is 1. The summed E-state index contributed by atoms with van der Waals surface area (Å²) in [6.45, 7) is 2.76. The Kier molecular flexibility index (Phi) is 11.4. The Hall–Kier alpha value is -3.97. The van der Waals surface area contributed by atoms with Crippen molar-refractivity contribution >= 4 is 28.9 Å². The molecule has 3 atom stereocenters. The summed E-state index contributed by atoms with van der Waals surface area (Å²) in [5, 5.41) is 3.11. The fourth-order valence-corrected chi connectivity index (χ4v) is 6.66. The smallest absolute Gasteiger partial charge is 0.251 e. The summed E-state index contributed by atoms with van der Waals surface area (Å²) in [4.78, 5) is 29.9. The standard InChI is InChI=1S/C37H38N2O3S/c40-36(31-17-9-3-10-18-31)38-33(23-21-29-13-5-1-6-14-29)35(43-37(41)32-19-11-4-12-20-32)34(39-25-27-42-28-26-39)24-22-30-15-7-2-8-16-30/h1-20,22,24,33-35H,21,23,25-28H2,(H,38,40)/b24-22+/t33-,34+,35+/m1/s1. The normalized spacial score (nSPS) is 15.9. The number of carbonyl (C=O) groups is 2. The molecular weight excluding hydrogens is 552 g/mol. The van der Waals surface area contributed by atoms with Crippen LogP contribution in [0.3, 0.4) is 0 Å². The molecule has 220 valence electrons. The van der Waals surface area contributed by atoms with Crippen molar-refractivity contribution in [1.82, 2.24) is 10.2 Å². The lowest BCUT2D eigenvalue weighted by Crippen LogP contribution is -2.55. The molecule has 1 aliphatic heterocycles. The highest BCUT2D eigenvalue weighted by Crippen LogP contribution is 2.30. The lowest BCUT2D eigenvalue weighted by Gasteiger charge is -2.40. The first-order valence-corrected chi connectivity index (χ1v) is 15.8. The van der Waals surface area contributed by atoms with Crippen LogP contribution < -0.4 is 5.32 Å². The topological polar surface area (TPSA) is 58.6 Å². The minimum absolute atomic E-state index is 0.00404. The number of morpholine rings is 1. The zero-order chi connectivity index (χ0) is 29.7. The summed E-state index contributed by atoms with van der Waals surface area (Å²) in [7, 11) is 0. The van der Waals surface area contributed by atoms with Gasteiger partial charge in [0.1, 0.15) is 0 Å². The van der Waals surface area contributed by atoms with Gasteiger partial charge >= 0.3 is 0 Å². The van der Waals surface area contributed by atoms with Crippen LogP contribution in [0.1, 0.15) is 38.3 Å². The molecule has 4 aromatic carbocycles. The van der Waals surface area contributed by atoms with Crippen molar-refractivity contribution in [3.05, 3.63) is 150 Å². The molecule has 5 nitrogen and oxygen atoms in total. The van der Waals surface area contributed by atoms with Gasteiger partial charge in [-0.2, -0.15) is 0 Å². The molecule has 1 amide bonds. The fraction of sp³-hybridized carbons (Fsp3) is 0.243. The van der Waals surface area contributed by atoms with E-state index in [0.717, 1.165) is 25.1 Å². The lowest BCUT2D eigenvalue weighted by atomic mass is 9.96. The van der Waals surface area contributed by atoms with E-state index in [1.165, 1.54) is 17.3 Å². The molecule has 0 spiro atoms. The van der Waals surface area contributed by atoms with Crippen molar-refractivity contribution in [2.45, 2.75) is 30.2 Å². The van der Waals surface area contributed by atoms with Crippen LogP contribution in [0.2, 0.25) is 0 Å². The van der Waals surface area contributed by atoms with Crippen LogP contribution in [0.4, 0.5) is 0 Å². The Morgan fingerprint density at radius 1 is 0.767 bits per heavy atom. The van der Waals surface area contributed by atoms with E-state index in [9.17, 15) is 9.59 Å². The SMILES string of the molecule is O=C(N[C@H](CCc1ccccc1)[C@H](SC(=O)c1ccccc1)[C@H](/C=C/c1ccccc1)N1CCOCC1)c1ccccc1. The third-order valence-corrected chi connectivity index (χ3v) is 9.01. The van der Waals surface area contributed by atoms with Crippen LogP contribution in [0.15, 0.2) is 127 Å². The largest absolute Gasteiger partial charge is 0.379 e. The molecule has 0 aliphatic carbocycles. The molecule has 0 radical (unpaired) electrons. The number of nitrogens with one attached hydrogen (secondary N) is 1. The first-order chi connectivity index (χ1) is 21.2. The quantitative estimate of drug-likeness (QED) is 0.197. The van der Waals surface area contributed by atoms with Crippen molar-refractivity contribution in [1.29, 1.82) is 0 Å². The van der Waals surface area contributed by atoms with E-state index < -0.39 is 0 Å². The predicted octanol–water partition coefficient (Wildman–Crippen LogP) is 6.77. The van der Waals surface area contributed by atoms with Gasteiger partial charge in [-0.15, -0.1) is 0 Å². The first-order valence-electron chi connectivity index (χ1n) is 14.9. The maximum Gasteiger partial charge on any atom is 0.251 e. The van der Waals surface area contributed by atoms with Crippen LogP contribution in [0.25, 0.3) is 6.08 Å². The van der Waals surface area contributed by atoms with E-state index in [-0.39, 0.29) is 28.4 Å². The molecule has 4 aromatic rings. The maximum absolute atomic E-state index is 13.8. The molecule has 1 heterocycles. The number of aryl methyl sites for hydroxylation is 1. The minimum atomic E-state index is -0.293. The fourth-order valence-electron chi connectivity index (χ4n) is 5.37. The zero-order valence-electron chi connectivity index (χ0n) is 24.3. The number of thioether (sulfide) groups is 1. The second-order valence-electron chi connectivity index (χ2n) is 10.6. The monoisotopic (exact) mass is 590 g/mol. The zero-order valence-corrected chi connectivity index (χ0v) is 25.1. The van der Waals surface area contributed by atoms with Gasteiger partial charge in [-0.3, -0.25) is 14.5 Å². The molecule has 1 N–H and O–H groups in total. The molecule has 5 rings (SSSR count). The molecule has 0 bridgehead atoms. The average Bonchev–Trinajstić information content (AvgIpc) is 3.08. The highest BCUT2D eigenvalue weighted by molar-refractivity contribution is 8.14. The van der Waals surface area contributed by atoms with Crippen molar-refractivity contribution in [3.8, 4) is 0 Å². The van der Waals surface area contributed by atoms with Gasteiger partial charge in [-0.1, -0.05) is 133 Å². The van der Waals surface area contributed by atoms with Gasteiger partial charge in [0, 0.05) is 36.3 Å². The first kappa shape index (κ1) is 30.5. The summed E-state index contributed by atoms with van der Waals surface area (Å²) >= 11 is 1.33. The van der Waals surface area contributed by atoms with E-state index in [0.29, 0.717) is 30.8 Å². The van der Waals surface area contributed by atoms with Gasteiger partial charge in [0.2, 0.25) is 5.12 Å². The Morgan fingerprint density at radius 2 is 1.33 bits per heavy atom. The van der Waals surface area contributed by atoms with E-state index in [4.69, 9.17) is 4.74 Å². The van der Waals surface area contributed by atoms with Crippen LogP contribution in [-0.4, -0.2) is 59.6 Å². The molecule has 0 saturated carbocycles. The van der Waals surface area contributed by atoms with Crippen LogP contribution >= 0.6 is 11.8 Å². The van der Waals surface area contributed by atoms with Gasteiger partial charge in [0.25, 0.3) is 5.91 Å². The van der Waals surface area contributed by atoms with Crippen LogP contribution in [0.5, 0.6) is 0 Å². The number of amides is 1. The molecule has 43 heavy (non-hydrogen) atoms. The number of hydrogen-bond donors (Lipinski definition) is 1. The van der Waals surface area contributed by atoms with Crippen molar-refractivity contribution in [2.75, 3.05) is 26.3 Å². The molecule has 0 aromatic heterocycles. The summed E-state index contributed by atoms with van der Waals surface area (Å²) in [5.41, 5.74) is 3.55. The highest BCUT2D eigenvalue weighted by atomic mass is 32.2. The molecule has 1 fully saturated rings. The van der Waals surface area contributed by atoms with E-state index in [1.807, 2.05) is 97.1 Å². The summed E-state index contributed by atoms with van der Waals surface area (Å²) in [5.74, 6) is -0.135. The summed E-state index contributed by atoms with van der Waals surface area (Å²) in [6, 6.07) is 38.8. The molecule has 0 unspecified atom stereocenters. The number of benzene rings is 4. The van der Waals surface area contributed by atoms with Gasteiger partial charge in [-0.05, 0) is 36.1 Å². The second kappa shape index (κ2) is 16.0. The summed E-state index contributed by atoms with van der Waals surface area (Å²) in [6.07, 6.45) is 5.80. The minimum Gasteiger partial charge on any atom is -0.379 e. The van der Waals surface area contributed by atoms with E-state index >= 15 is 0 Å². The van der Waals surface area contributed by atoms with E-state index in [1.54, 1.807) is 0 Å². The number of carbonyl (C=O) groups excluding carboxylic acids is 2. The Balaban J connectivity index is 1.53. The average molecular weight is 591 g/mol. The predicted molar refractivity (Wildman–Crippen MR) is 176 cm³/mol. The molecule has 1 aliphatic rings. The van der Waals surface area contributed by atoms with E-state index in [2.05, 4.69) is 46.6 Å². The Labute approximate surface area is 259 Å². The van der Waals surface area contributed by atoms with Gasteiger partial charge in [0.15, 0.2) is 0 Å². The second-order valence-corrected chi connectivity index (χ2v) is 11.8. The Bertz CT molecular complexity index is 1440. The van der Waals surface area contributed by atoms with Gasteiger partial charge in [0.05, 0.1) is 18.5 Å². The van der Waals surface area contributed by atoms with Crippen molar-refractivity contribution < 1.29 is 14.3 Å². The number of nitrogens with zero attached hydrogens (tertiary/aromatic N) is 1. The van der Waals surface area contributed by atoms with Crippen molar-refractivity contribution in [3.63, 3.8) is 0 Å². The van der Waals surface area contributed by atoms with Crippen LogP contribution in [0, 0.1) is 0 Å². The van der Waals surface area contributed by atoms with Crippen molar-refractivity contribution in [2.24, 2.45) is 0 Å². The Morgan fingerprint density at radius 3 is 1.95 bits per heavy atom. The maximum atomic E-state index is 13.8. The molecule has 6 heteroatoms. The number of rotatable bonds is 12. The number of hydrogen-bond acceptors (Lipinski definition) is 5. The lowest BCUT2D eigenvalue weighted by molar-refractivity contribution is 0.0236. The van der Waals surface area contributed by atoms with Gasteiger partial charge in [-0.25, -0.2) is 0 Å². The van der Waals surface area contributed by atoms with Gasteiger partial charge < -0.3 is 10.1 Å². The molecular formula is C37H38N2O3S. The molecule has 1 saturated heterocycles. The third kappa shape index (κ3) is 9.01. The summed E-state index contributed by atoms with van der Waals surface area (Å²) < 4.78 is 5.72.